The molecule has 0 unspecified atom stereocenters. The molecular weight excluding hydrogens is 353 g/mol. The smallest absolute Gasteiger partial charge is 0.416 e. The zero-order valence-corrected chi connectivity index (χ0v) is 13.7. The Hall–Kier alpha value is -2.48. The van der Waals surface area contributed by atoms with Crippen LogP contribution in [0, 0.1) is 0 Å². The minimum atomic E-state index is -4.44. The van der Waals surface area contributed by atoms with Crippen LogP contribution in [0.3, 0.4) is 0 Å². The number of hydrogen-bond acceptors (Lipinski definition) is 4. The van der Waals surface area contributed by atoms with E-state index >= 15 is 0 Å². The molecule has 0 atom stereocenters. The number of thioether (sulfide) groups is 1. The van der Waals surface area contributed by atoms with Gasteiger partial charge in [-0.2, -0.15) is 13.2 Å². The third kappa shape index (κ3) is 4.54. The highest BCUT2D eigenvalue weighted by Crippen LogP contribution is 2.32. The summed E-state index contributed by atoms with van der Waals surface area (Å²) in [6, 6.07) is 10.8. The molecule has 0 saturated heterocycles. The first-order chi connectivity index (χ1) is 11.9. The van der Waals surface area contributed by atoms with E-state index in [4.69, 9.17) is 4.74 Å². The van der Waals surface area contributed by atoms with Crippen molar-refractivity contribution in [3.05, 3.63) is 59.7 Å². The van der Waals surface area contributed by atoms with Gasteiger partial charge in [0.2, 0.25) is 0 Å². The van der Waals surface area contributed by atoms with Gasteiger partial charge >= 0.3 is 6.18 Å². The Bertz CT molecular complexity index is 822. The van der Waals surface area contributed by atoms with Gasteiger partial charge in [0.1, 0.15) is 11.5 Å². The molecule has 1 N–H and O–H groups in total. The highest BCUT2D eigenvalue weighted by atomic mass is 32.2. The van der Waals surface area contributed by atoms with Crippen LogP contribution < -0.4 is 10.1 Å². The van der Waals surface area contributed by atoms with E-state index in [9.17, 15) is 18.0 Å². The Morgan fingerprint density at radius 3 is 2.52 bits per heavy atom. The molecule has 1 aliphatic rings. The molecule has 0 aromatic heterocycles. The fraction of sp³-hybridized carbons (Fsp3) is 0.176. The van der Waals surface area contributed by atoms with Crippen molar-refractivity contribution in [2.45, 2.75) is 6.18 Å². The van der Waals surface area contributed by atoms with Gasteiger partial charge in [-0.05, 0) is 36.4 Å². The van der Waals surface area contributed by atoms with Gasteiger partial charge in [0.25, 0.3) is 5.91 Å². The van der Waals surface area contributed by atoms with Crippen molar-refractivity contribution >= 4 is 22.8 Å². The first-order valence-corrected chi connectivity index (χ1v) is 8.34. The van der Waals surface area contributed by atoms with Crippen LogP contribution in [-0.2, 0) is 6.18 Å². The van der Waals surface area contributed by atoms with Crippen molar-refractivity contribution in [2.75, 3.05) is 12.3 Å². The van der Waals surface area contributed by atoms with Crippen molar-refractivity contribution < 1.29 is 22.7 Å². The molecule has 0 aliphatic carbocycles. The molecule has 1 heterocycles. The van der Waals surface area contributed by atoms with E-state index < -0.39 is 11.7 Å². The molecule has 2 aromatic rings. The summed E-state index contributed by atoms with van der Waals surface area (Å²) in [6.45, 7) is 0.666. The second-order valence-electron chi connectivity index (χ2n) is 5.14. The Labute approximate surface area is 146 Å². The number of nitrogens with zero attached hydrogens (tertiary/aromatic N) is 1. The Morgan fingerprint density at radius 1 is 1.12 bits per heavy atom. The van der Waals surface area contributed by atoms with Crippen LogP contribution >= 0.6 is 11.8 Å². The molecule has 2 aromatic carbocycles. The van der Waals surface area contributed by atoms with Crippen LogP contribution in [0.15, 0.2) is 53.5 Å². The van der Waals surface area contributed by atoms with Crippen molar-refractivity contribution in [1.82, 2.24) is 5.32 Å². The molecule has 8 heteroatoms. The lowest BCUT2D eigenvalue weighted by atomic mass is 10.2. The molecule has 0 spiro atoms. The van der Waals surface area contributed by atoms with Gasteiger partial charge in [0.05, 0.1) is 12.1 Å². The van der Waals surface area contributed by atoms with Gasteiger partial charge in [-0.1, -0.05) is 23.9 Å². The van der Waals surface area contributed by atoms with Crippen molar-refractivity contribution in [1.29, 1.82) is 0 Å². The summed E-state index contributed by atoms with van der Waals surface area (Å²) in [4.78, 5) is 16.3. The summed E-state index contributed by atoms with van der Waals surface area (Å²) in [6.07, 6.45) is -4.44. The number of carbonyl (C=O) groups excluding carboxylic acids is 1. The van der Waals surface area contributed by atoms with Crippen LogP contribution in [0.2, 0.25) is 0 Å². The second kappa shape index (κ2) is 7.18. The fourth-order valence-electron chi connectivity index (χ4n) is 2.15. The maximum absolute atomic E-state index is 12.7. The zero-order valence-electron chi connectivity index (χ0n) is 12.8. The number of hydrogen-bond donors (Lipinski definition) is 1. The molecule has 1 aliphatic heterocycles. The molecule has 0 bridgehead atoms. The van der Waals surface area contributed by atoms with Crippen LogP contribution in [0.1, 0.15) is 15.9 Å². The molecule has 4 nitrogen and oxygen atoms in total. The molecule has 0 saturated carbocycles. The largest absolute Gasteiger partial charge is 0.457 e. The van der Waals surface area contributed by atoms with E-state index in [1.807, 2.05) is 0 Å². The van der Waals surface area contributed by atoms with Gasteiger partial charge in [-0.15, -0.1) is 0 Å². The van der Waals surface area contributed by atoms with E-state index in [0.29, 0.717) is 17.3 Å². The topological polar surface area (TPSA) is 50.7 Å². The highest BCUT2D eigenvalue weighted by molar-refractivity contribution is 8.14. The van der Waals surface area contributed by atoms with E-state index in [0.717, 1.165) is 17.9 Å². The Morgan fingerprint density at radius 2 is 1.84 bits per heavy atom. The second-order valence-corrected chi connectivity index (χ2v) is 6.23. The number of nitrogens with one attached hydrogen (secondary N) is 1. The molecule has 3 rings (SSSR count). The minimum Gasteiger partial charge on any atom is -0.457 e. The molecule has 130 valence electrons. The molecule has 25 heavy (non-hydrogen) atoms. The third-order valence-corrected chi connectivity index (χ3v) is 4.19. The highest BCUT2D eigenvalue weighted by Gasteiger charge is 2.30. The predicted molar refractivity (Wildman–Crippen MR) is 90.2 cm³/mol. The Kier molecular flexibility index (Phi) is 4.98. The van der Waals surface area contributed by atoms with E-state index in [1.54, 1.807) is 18.2 Å². The van der Waals surface area contributed by atoms with Gasteiger partial charge in [0, 0.05) is 11.3 Å². The summed E-state index contributed by atoms with van der Waals surface area (Å²) in [5, 5.41) is 3.25. The monoisotopic (exact) mass is 366 g/mol. The van der Waals surface area contributed by atoms with Crippen LogP contribution in [0.25, 0.3) is 0 Å². The van der Waals surface area contributed by atoms with Crippen LogP contribution in [0.5, 0.6) is 11.5 Å². The molecule has 1 amide bonds. The van der Waals surface area contributed by atoms with E-state index in [1.165, 1.54) is 30.0 Å². The average molecular weight is 366 g/mol. The van der Waals surface area contributed by atoms with E-state index in [2.05, 4.69) is 10.3 Å². The fourth-order valence-corrected chi connectivity index (χ4v) is 2.88. The number of rotatable bonds is 3. The summed E-state index contributed by atoms with van der Waals surface area (Å²) in [5.41, 5.74) is -0.463. The first kappa shape index (κ1) is 17.3. The number of aliphatic imine (C=N–C) groups is 1. The predicted octanol–water partition coefficient (Wildman–Crippen LogP) is 4.33. The van der Waals surface area contributed by atoms with E-state index in [-0.39, 0.29) is 17.4 Å². The lowest BCUT2D eigenvalue weighted by Gasteiger charge is -2.11. The van der Waals surface area contributed by atoms with Crippen LogP contribution in [0.4, 0.5) is 13.2 Å². The van der Waals surface area contributed by atoms with Gasteiger partial charge < -0.3 is 10.1 Å². The number of benzene rings is 2. The molecule has 0 radical (unpaired) electrons. The third-order valence-electron chi connectivity index (χ3n) is 3.30. The zero-order chi connectivity index (χ0) is 17.9. The summed E-state index contributed by atoms with van der Waals surface area (Å²) >= 11 is 1.46. The normalized spacial score (nSPS) is 14.1. The quantitative estimate of drug-likeness (QED) is 0.880. The number of amidine groups is 1. The number of alkyl halides is 3. The standard InChI is InChI=1S/C17H13F3N2O2S/c18-17(19,20)12-4-2-6-14(10-12)24-13-5-1-3-11(9-13)15(23)22-16-21-7-8-25-16/h1-6,9-10H,7-8H2,(H,21,22,23). The lowest BCUT2D eigenvalue weighted by molar-refractivity contribution is -0.137. The van der Waals surface area contributed by atoms with Gasteiger partial charge in [-0.25, -0.2) is 0 Å². The first-order valence-electron chi connectivity index (χ1n) is 7.35. The van der Waals surface area contributed by atoms with Gasteiger partial charge in [-0.3, -0.25) is 9.79 Å². The van der Waals surface area contributed by atoms with Gasteiger partial charge in [0.15, 0.2) is 5.17 Å². The van der Waals surface area contributed by atoms with Crippen molar-refractivity contribution in [2.24, 2.45) is 4.99 Å². The number of ether oxygens (including phenoxy) is 1. The summed E-state index contributed by atoms with van der Waals surface area (Å²) < 4.78 is 43.7. The van der Waals surface area contributed by atoms with Crippen molar-refractivity contribution in [3.8, 4) is 11.5 Å². The average Bonchev–Trinajstić information content (AvgIpc) is 3.07. The lowest BCUT2D eigenvalue weighted by Crippen LogP contribution is -2.27. The number of halogens is 3. The SMILES string of the molecule is O=C(NC1=NCCS1)c1cccc(Oc2cccc(C(F)(F)F)c2)c1. The summed E-state index contributed by atoms with van der Waals surface area (Å²) in [7, 11) is 0. The maximum atomic E-state index is 12.7. The number of carbonyl (C=O) groups is 1. The molecular formula is C17H13F3N2O2S. The number of amides is 1. The summed E-state index contributed by atoms with van der Waals surface area (Å²) in [5.74, 6) is 0.799. The van der Waals surface area contributed by atoms with Crippen LogP contribution in [-0.4, -0.2) is 23.4 Å². The Balaban J connectivity index is 1.74. The van der Waals surface area contributed by atoms with Crippen molar-refractivity contribution in [3.63, 3.8) is 0 Å². The maximum Gasteiger partial charge on any atom is 0.416 e. The minimum absolute atomic E-state index is 0.0445. The molecule has 0 fully saturated rings.